The van der Waals surface area contributed by atoms with Crippen LogP contribution in [0.15, 0.2) is 72.9 Å². The van der Waals surface area contributed by atoms with E-state index < -0.39 is 6.10 Å². The third-order valence-corrected chi connectivity index (χ3v) is 11.4. The zero-order chi connectivity index (χ0) is 46.5. The van der Waals surface area contributed by atoms with E-state index in [1.165, 1.54) is 141 Å². The van der Waals surface area contributed by atoms with E-state index in [0.717, 1.165) is 64.2 Å². The number of hydrogen-bond acceptors (Lipinski definition) is 6. The zero-order valence-electron chi connectivity index (χ0n) is 42.0. The summed E-state index contributed by atoms with van der Waals surface area (Å²) in [6.07, 6.45) is 66.2. The number of unbranched alkanes of at least 4 members (excludes halogenated alkanes) is 25. The van der Waals surface area contributed by atoms with E-state index in [-0.39, 0.29) is 44.0 Å². The van der Waals surface area contributed by atoms with Crippen molar-refractivity contribution in [2.45, 2.75) is 264 Å². The summed E-state index contributed by atoms with van der Waals surface area (Å²) >= 11 is 0. The molecule has 0 saturated heterocycles. The molecule has 0 radical (unpaired) electrons. The maximum absolute atomic E-state index is 12.8. The molecule has 0 aliphatic rings. The Bertz CT molecular complexity index is 1210. The van der Waals surface area contributed by atoms with Crippen molar-refractivity contribution in [1.82, 2.24) is 0 Å². The van der Waals surface area contributed by atoms with Gasteiger partial charge in [0, 0.05) is 19.3 Å². The molecule has 0 N–H and O–H groups in total. The predicted octanol–water partition coefficient (Wildman–Crippen LogP) is 17.8. The zero-order valence-corrected chi connectivity index (χ0v) is 42.0. The van der Waals surface area contributed by atoms with Crippen LogP contribution in [0.3, 0.4) is 0 Å². The Morgan fingerprint density at radius 2 is 0.609 bits per heavy atom. The lowest BCUT2D eigenvalue weighted by Crippen LogP contribution is -2.30. The van der Waals surface area contributed by atoms with Crippen molar-refractivity contribution in [3.63, 3.8) is 0 Å². The fraction of sp³-hybridized carbons (Fsp3) is 0.741. The molecule has 6 nitrogen and oxygen atoms in total. The Balaban J connectivity index is 4.52. The normalized spacial score (nSPS) is 12.6. The molecule has 1 unspecified atom stereocenters. The van der Waals surface area contributed by atoms with Crippen LogP contribution in [-0.2, 0) is 28.6 Å². The second-order valence-electron chi connectivity index (χ2n) is 17.8. The van der Waals surface area contributed by atoms with Crippen LogP contribution < -0.4 is 0 Å². The Morgan fingerprint density at radius 1 is 0.312 bits per heavy atom. The van der Waals surface area contributed by atoms with Gasteiger partial charge >= 0.3 is 17.9 Å². The van der Waals surface area contributed by atoms with Gasteiger partial charge in [-0.15, -0.1) is 0 Å². The molecule has 0 heterocycles. The highest BCUT2D eigenvalue weighted by Crippen LogP contribution is 2.13. The van der Waals surface area contributed by atoms with Crippen LogP contribution in [0.4, 0.5) is 0 Å². The summed E-state index contributed by atoms with van der Waals surface area (Å²) in [5, 5.41) is 0. The third kappa shape index (κ3) is 49.9. The van der Waals surface area contributed by atoms with Gasteiger partial charge in [-0.3, -0.25) is 14.4 Å². The smallest absolute Gasteiger partial charge is 0.306 e. The minimum Gasteiger partial charge on any atom is -0.462 e. The van der Waals surface area contributed by atoms with E-state index in [1.807, 2.05) is 6.08 Å². The molecule has 0 aliphatic carbocycles. The predicted molar refractivity (Wildman–Crippen MR) is 274 cm³/mol. The Labute approximate surface area is 395 Å². The maximum atomic E-state index is 12.8. The van der Waals surface area contributed by atoms with Crippen molar-refractivity contribution < 1.29 is 28.6 Å². The average molecular weight is 893 g/mol. The molecule has 0 saturated carbocycles. The van der Waals surface area contributed by atoms with Crippen LogP contribution in [0.25, 0.3) is 0 Å². The number of hydrogen-bond donors (Lipinski definition) is 0. The van der Waals surface area contributed by atoms with Crippen LogP contribution in [0.2, 0.25) is 0 Å². The summed E-state index contributed by atoms with van der Waals surface area (Å²) in [7, 11) is 0. The molecule has 0 fully saturated rings. The molecule has 0 aromatic rings. The first-order valence-electron chi connectivity index (χ1n) is 26.9. The van der Waals surface area contributed by atoms with E-state index in [2.05, 4.69) is 87.6 Å². The summed E-state index contributed by atoms with van der Waals surface area (Å²) in [4.78, 5) is 38.0. The van der Waals surface area contributed by atoms with E-state index in [4.69, 9.17) is 14.2 Å². The van der Waals surface area contributed by atoms with Crippen molar-refractivity contribution in [3.8, 4) is 0 Å². The fourth-order valence-electron chi connectivity index (χ4n) is 7.33. The molecule has 1 atom stereocenters. The van der Waals surface area contributed by atoms with Gasteiger partial charge in [0.2, 0.25) is 0 Å². The van der Waals surface area contributed by atoms with Gasteiger partial charge in [0.25, 0.3) is 0 Å². The van der Waals surface area contributed by atoms with Crippen LogP contribution in [0, 0.1) is 0 Å². The van der Waals surface area contributed by atoms with Crippen molar-refractivity contribution in [2.75, 3.05) is 13.2 Å². The molecule has 0 aromatic heterocycles. The summed E-state index contributed by atoms with van der Waals surface area (Å²) in [5.41, 5.74) is 0. The SMILES string of the molecule is CCCCCCCC/C=C\C/C=C\C/C=C\CCCC(=O)OCC(COC(=O)CC/C=C\C/C=C\CCCCCCCC)OC(=O)CCCCCCC/C=C\CCCCCCCCC. The lowest BCUT2D eigenvalue weighted by atomic mass is 10.1. The summed E-state index contributed by atoms with van der Waals surface area (Å²) in [6, 6.07) is 0. The monoisotopic (exact) mass is 893 g/mol. The molecule has 0 rings (SSSR count). The minimum absolute atomic E-state index is 0.122. The first-order chi connectivity index (χ1) is 31.5. The molecule has 6 heteroatoms. The number of allylic oxidation sites excluding steroid dienone is 12. The fourth-order valence-corrected chi connectivity index (χ4v) is 7.33. The molecule has 368 valence electrons. The van der Waals surface area contributed by atoms with Gasteiger partial charge in [0.15, 0.2) is 6.10 Å². The molecule has 0 aliphatic heterocycles. The van der Waals surface area contributed by atoms with Gasteiger partial charge in [-0.2, -0.15) is 0 Å². The molecule has 0 bridgehead atoms. The standard InChI is InChI=1S/C58H100O6/c1-4-7-10-13-16-19-22-25-27-29-31-33-36-39-42-45-48-51-57(60)63-54-55(53-62-56(59)50-47-44-41-38-35-32-24-21-18-15-12-9-6-3)64-58(61)52-49-46-43-40-37-34-30-28-26-23-20-17-14-11-8-5-2/h25,27-28,30-33,35,39,41-42,44,55H,4-24,26,29,34,36-38,40,43,45-54H2,1-3H3/b27-25-,30-28-,33-31-,35-32-,42-39-,44-41-. The van der Waals surface area contributed by atoms with Gasteiger partial charge in [-0.1, -0.05) is 216 Å². The van der Waals surface area contributed by atoms with E-state index >= 15 is 0 Å². The van der Waals surface area contributed by atoms with Gasteiger partial charge in [-0.05, 0) is 96.3 Å². The third-order valence-electron chi connectivity index (χ3n) is 11.4. The van der Waals surface area contributed by atoms with Gasteiger partial charge in [0.1, 0.15) is 13.2 Å². The summed E-state index contributed by atoms with van der Waals surface area (Å²) in [5.74, 6) is -1.04. The molecular weight excluding hydrogens is 793 g/mol. The summed E-state index contributed by atoms with van der Waals surface area (Å²) < 4.78 is 16.7. The second-order valence-corrected chi connectivity index (χ2v) is 17.8. The molecule has 0 spiro atoms. The Hall–Kier alpha value is -3.15. The van der Waals surface area contributed by atoms with Crippen LogP contribution in [0.1, 0.15) is 258 Å². The van der Waals surface area contributed by atoms with E-state index in [9.17, 15) is 14.4 Å². The van der Waals surface area contributed by atoms with Crippen LogP contribution in [-0.4, -0.2) is 37.2 Å². The van der Waals surface area contributed by atoms with Crippen LogP contribution in [0.5, 0.6) is 0 Å². The quantitative estimate of drug-likeness (QED) is 0.0262. The topological polar surface area (TPSA) is 78.9 Å². The highest BCUT2D eigenvalue weighted by atomic mass is 16.6. The van der Waals surface area contributed by atoms with Gasteiger partial charge < -0.3 is 14.2 Å². The number of esters is 3. The second kappa shape index (κ2) is 52.5. The number of carbonyl (C=O) groups is 3. The van der Waals surface area contributed by atoms with Crippen LogP contribution >= 0.6 is 0 Å². The number of rotatable bonds is 48. The highest BCUT2D eigenvalue weighted by Gasteiger charge is 2.19. The Kier molecular flexibility index (Phi) is 49.9. The van der Waals surface area contributed by atoms with Crippen molar-refractivity contribution in [3.05, 3.63) is 72.9 Å². The summed E-state index contributed by atoms with van der Waals surface area (Å²) in [6.45, 7) is 6.52. The highest BCUT2D eigenvalue weighted by molar-refractivity contribution is 5.71. The first-order valence-corrected chi connectivity index (χ1v) is 26.9. The maximum Gasteiger partial charge on any atom is 0.306 e. The van der Waals surface area contributed by atoms with E-state index in [1.54, 1.807) is 0 Å². The van der Waals surface area contributed by atoms with E-state index in [0.29, 0.717) is 19.3 Å². The minimum atomic E-state index is -0.822. The van der Waals surface area contributed by atoms with Crippen molar-refractivity contribution in [2.24, 2.45) is 0 Å². The van der Waals surface area contributed by atoms with Crippen molar-refractivity contribution >= 4 is 17.9 Å². The largest absolute Gasteiger partial charge is 0.462 e. The number of carbonyl (C=O) groups excluding carboxylic acids is 3. The molecular formula is C58H100O6. The molecule has 0 amide bonds. The van der Waals surface area contributed by atoms with Crippen molar-refractivity contribution in [1.29, 1.82) is 0 Å². The molecule has 64 heavy (non-hydrogen) atoms. The average Bonchev–Trinajstić information content (AvgIpc) is 3.29. The molecule has 0 aromatic carbocycles. The van der Waals surface area contributed by atoms with Gasteiger partial charge in [-0.25, -0.2) is 0 Å². The van der Waals surface area contributed by atoms with Gasteiger partial charge in [0.05, 0.1) is 0 Å². The number of ether oxygens (including phenoxy) is 3. The Morgan fingerprint density at radius 3 is 1.03 bits per heavy atom. The lowest BCUT2D eigenvalue weighted by Gasteiger charge is -2.18. The first kappa shape index (κ1) is 60.9. The lowest BCUT2D eigenvalue weighted by molar-refractivity contribution is -0.166.